The lowest BCUT2D eigenvalue weighted by Crippen LogP contribution is -2.32. The maximum Gasteiger partial charge on any atom is 0.246 e. The highest BCUT2D eigenvalue weighted by atomic mass is 16.5. The van der Waals surface area contributed by atoms with Gasteiger partial charge >= 0.3 is 0 Å². The second-order valence-corrected chi connectivity index (χ2v) is 4.37. The van der Waals surface area contributed by atoms with E-state index in [0.717, 1.165) is 12.8 Å². The van der Waals surface area contributed by atoms with E-state index in [9.17, 15) is 4.79 Å². The van der Waals surface area contributed by atoms with Crippen molar-refractivity contribution in [3.8, 4) is 6.07 Å². The molecule has 0 aromatic carbocycles. The van der Waals surface area contributed by atoms with E-state index in [0.29, 0.717) is 13.0 Å². The van der Waals surface area contributed by atoms with Crippen LogP contribution in [-0.2, 0) is 9.53 Å². The molecular weight excluding hydrogens is 192 g/mol. The van der Waals surface area contributed by atoms with Crippen LogP contribution < -0.4 is 5.32 Å². The van der Waals surface area contributed by atoms with Crippen molar-refractivity contribution >= 4 is 5.91 Å². The second-order valence-electron chi connectivity index (χ2n) is 4.37. The molecule has 0 fully saturated rings. The number of rotatable bonds is 6. The minimum atomic E-state index is -0.280. The highest BCUT2D eigenvalue weighted by molar-refractivity contribution is 5.77. The molecule has 0 saturated heterocycles. The molecule has 0 heterocycles. The molecule has 0 aliphatic rings. The molecule has 4 heteroatoms. The Morgan fingerprint density at radius 1 is 1.40 bits per heavy atom. The number of carbonyl (C=O) groups is 1. The van der Waals surface area contributed by atoms with Gasteiger partial charge in [0.15, 0.2) is 0 Å². The molecule has 0 saturated carbocycles. The van der Waals surface area contributed by atoms with Crippen molar-refractivity contribution in [2.45, 2.75) is 45.6 Å². The third-order valence-electron chi connectivity index (χ3n) is 1.67. The molecule has 0 spiro atoms. The van der Waals surface area contributed by atoms with Crippen molar-refractivity contribution in [3.63, 3.8) is 0 Å². The summed E-state index contributed by atoms with van der Waals surface area (Å²) in [5.74, 6) is -0.0955. The predicted octanol–water partition coefficient (Wildman–Crippen LogP) is 1.61. The monoisotopic (exact) mass is 212 g/mol. The first kappa shape index (κ1) is 13.9. The van der Waals surface area contributed by atoms with Gasteiger partial charge in [0.1, 0.15) is 6.61 Å². The number of hydrogen-bond acceptors (Lipinski definition) is 3. The van der Waals surface area contributed by atoms with E-state index in [1.165, 1.54) is 0 Å². The number of hydrogen-bond donors (Lipinski definition) is 1. The third kappa shape index (κ3) is 10.8. The van der Waals surface area contributed by atoms with Gasteiger partial charge < -0.3 is 10.1 Å². The van der Waals surface area contributed by atoms with Crippen molar-refractivity contribution in [1.29, 1.82) is 5.26 Å². The topological polar surface area (TPSA) is 62.1 Å². The zero-order valence-corrected chi connectivity index (χ0v) is 9.80. The summed E-state index contributed by atoms with van der Waals surface area (Å²) < 4.78 is 5.30. The molecule has 4 nitrogen and oxygen atoms in total. The van der Waals surface area contributed by atoms with Crippen molar-refractivity contribution in [2.75, 3.05) is 13.2 Å². The Morgan fingerprint density at radius 3 is 2.60 bits per heavy atom. The normalized spacial score (nSPS) is 10.8. The summed E-state index contributed by atoms with van der Waals surface area (Å²) in [6.07, 6.45) is 2.22. The van der Waals surface area contributed by atoms with Crippen LogP contribution in [0.3, 0.4) is 0 Å². The molecule has 1 N–H and O–H groups in total. The van der Waals surface area contributed by atoms with Gasteiger partial charge in [0.05, 0.1) is 11.7 Å². The fourth-order valence-electron chi connectivity index (χ4n) is 0.890. The molecule has 0 aromatic rings. The van der Waals surface area contributed by atoms with E-state index >= 15 is 0 Å². The number of unbranched alkanes of at least 4 members (excludes halogenated alkanes) is 2. The van der Waals surface area contributed by atoms with E-state index in [1.54, 1.807) is 0 Å². The summed E-state index contributed by atoms with van der Waals surface area (Å²) in [7, 11) is 0. The number of nitriles is 1. The zero-order chi connectivity index (χ0) is 11.7. The minimum absolute atomic E-state index is 0.0955. The SMILES string of the molecule is CC(C)(C)OCC(=O)NCCCCC#N. The molecule has 0 aliphatic heterocycles. The number of carbonyl (C=O) groups excluding carboxylic acids is 1. The highest BCUT2D eigenvalue weighted by Crippen LogP contribution is 2.05. The van der Waals surface area contributed by atoms with E-state index in [1.807, 2.05) is 20.8 Å². The molecule has 0 radical (unpaired) electrons. The van der Waals surface area contributed by atoms with Crippen molar-refractivity contribution in [2.24, 2.45) is 0 Å². The van der Waals surface area contributed by atoms with Gasteiger partial charge in [0, 0.05) is 13.0 Å². The van der Waals surface area contributed by atoms with E-state index in [2.05, 4.69) is 11.4 Å². The quantitative estimate of drug-likeness (QED) is 0.680. The van der Waals surface area contributed by atoms with Gasteiger partial charge in [-0.3, -0.25) is 4.79 Å². The molecule has 0 rings (SSSR count). The van der Waals surface area contributed by atoms with Crippen LogP contribution in [0.1, 0.15) is 40.0 Å². The molecule has 86 valence electrons. The summed E-state index contributed by atoms with van der Waals surface area (Å²) in [4.78, 5) is 11.2. The zero-order valence-electron chi connectivity index (χ0n) is 9.80. The Kier molecular flexibility index (Phi) is 6.72. The Bertz CT molecular complexity index is 226. The lowest BCUT2D eigenvalue weighted by atomic mass is 10.2. The fourth-order valence-corrected chi connectivity index (χ4v) is 0.890. The van der Waals surface area contributed by atoms with Crippen LogP contribution >= 0.6 is 0 Å². The molecule has 15 heavy (non-hydrogen) atoms. The maximum absolute atomic E-state index is 11.2. The number of ether oxygens (including phenoxy) is 1. The van der Waals surface area contributed by atoms with Gasteiger partial charge in [-0.05, 0) is 33.6 Å². The standard InChI is InChI=1S/C11H20N2O2/c1-11(2,3)15-9-10(14)13-8-6-4-5-7-12/h4-6,8-9H2,1-3H3,(H,13,14). The van der Waals surface area contributed by atoms with Crippen LogP contribution in [0.5, 0.6) is 0 Å². The highest BCUT2D eigenvalue weighted by Gasteiger charge is 2.12. The lowest BCUT2D eigenvalue weighted by Gasteiger charge is -2.18. The number of nitrogens with zero attached hydrogens (tertiary/aromatic N) is 1. The van der Waals surface area contributed by atoms with Gasteiger partial charge in [-0.2, -0.15) is 5.26 Å². The lowest BCUT2D eigenvalue weighted by molar-refractivity contribution is -0.130. The summed E-state index contributed by atoms with van der Waals surface area (Å²) >= 11 is 0. The smallest absolute Gasteiger partial charge is 0.246 e. The van der Waals surface area contributed by atoms with Crippen LogP contribution in [0.4, 0.5) is 0 Å². The fraction of sp³-hybridized carbons (Fsp3) is 0.818. The molecular formula is C11H20N2O2. The summed E-state index contributed by atoms with van der Waals surface area (Å²) in [5.41, 5.74) is -0.280. The average molecular weight is 212 g/mol. The molecule has 0 aliphatic carbocycles. The van der Waals surface area contributed by atoms with E-state index in [4.69, 9.17) is 10.00 Å². The first-order chi connectivity index (χ1) is 6.95. The summed E-state index contributed by atoms with van der Waals surface area (Å²) in [6, 6.07) is 2.06. The van der Waals surface area contributed by atoms with Gasteiger partial charge in [-0.15, -0.1) is 0 Å². The molecule has 0 atom stereocenters. The van der Waals surface area contributed by atoms with Crippen LogP contribution in [-0.4, -0.2) is 24.7 Å². The van der Waals surface area contributed by atoms with Crippen LogP contribution in [0, 0.1) is 11.3 Å². The first-order valence-electron chi connectivity index (χ1n) is 5.23. The largest absolute Gasteiger partial charge is 0.366 e. The van der Waals surface area contributed by atoms with Gasteiger partial charge in [-0.1, -0.05) is 0 Å². The van der Waals surface area contributed by atoms with Crippen LogP contribution in [0.15, 0.2) is 0 Å². The van der Waals surface area contributed by atoms with Crippen LogP contribution in [0.2, 0.25) is 0 Å². The van der Waals surface area contributed by atoms with Crippen molar-refractivity contribution in [1.82, 2.24) is 5.32 Å². The number of nitrogens with one attached hydrogen (secondary N) is 1. The molecule has 1 amide bonds. The molecule has 0 aromatic heterocycles. The van der Waals surface area contributed by atoms with Crippen molar-refractivity contribution in [3.05, 3.63) is 0 Å². The van der Waals surface area contributed by atoms with Crippen molar-refractivity contribution < 1.29 is 9.53 Å². The minimum Gasteiger partial charge on any atom is -0.366 e. The second kappa shape index (κ2) is 7.24. The van der Waals surface area contributed by atoms with E-state index < -0.39 is 0 Å². The Balaban J connectivity index is 3.39. The van der Waals surface area contributed by atoms with Crippen LogP contribution in [0.25, 0.3) is 0 Å². The predicted molar refractivity (Wildman–Crippen MR) is 58.2 cm³/mol. The summed E-state index contributed by atoms with van der Waals surface area (Å²) in [5, 5.41) is 11.0. The van der Waals surface area contributed by atoms with E-state index in [-0.39, 0.29) is 18.1 Å². The summed E-state index contributed by atoms with van der Waals surface area (Å²) in [6.45, 7) is 6.45. The molecule has 0 unspecified atom stereocenters. The van der Waals surface area contributed by atoms with Gasteiger partial charge in [-0.25, -0.2) is 0 Å². The van der Waals surface area contributed by atoms with Gasteiger partial charge in [0.25, 0.3) is 0 Å². The Labute approximate surface area is 91.6 Å². The average Bonchev–Trinajstić information content (AvgIpc) is 2.13. The Hall–Kier alpha value is -1.08. The third-order valence-corrected chi connectivity index (χ3v) is 1.67. The molecule has 0 bridgehead atoms. The first-order valence-corrected chi connectivity index (χ1v) is 5.23. The Morgan fingerprint density at radius 2 is 2.07 bits per heavy atom. The maximum atomic E-state index is 11.2. The number of amides is 1. The van der Waals surface area contributed by atoms with Gasteiger partial charge in [0.2, 0.25) is 5.91 Å².